The van der Waals surface area contributed by atoms with Gasteiger partial charge in [0.25, 0.3) is 0 Å². The molecule has 0 amide bonds. The van der Waals surface area contributed by atoms with E-state index in [2.05, 4.69) is 157 Å². The molecule has 0 aliphatic heterocycles. The summed E-state index contributed by atoms with van der Waals surface area (Å²) in [7, 11) is 0. The fourth-order valence-corrected chi connectivity index (χ4v) is 5.25. The van der Waals surface area contributed by atoms with Gasteiger partial charge in [-0.15, -0.1) is 69.1 Å². The van der Waals surface area contributed by atoms with Crippen molar-refractivity contribution in [3.8, 4) is 22.3 Å². The van der Waals surface area contributed by atoms with Crippen molar-refractivity contribution in [3.63, 3.8) is 0 Å². The van der Waals surface area contributed by atoms with Crippen molar-refractivity contribution in [1.29, 1.82) is 0 Å². The van der Waals surface area contributed by atoms with E-state index in [0.29, 0.717) is 5.92 Å². The summed E-state index contributed by atoms with van der Waals surface area (Å²) in [5.74, 6) is 0.584. The molecule has 0 heterocycles. The third-order valence-electron chi connectivity index (χ3n) is 7.48. The van der Waals surface area contributed by atoms with Crippen LogP contribution in [-0.2, 0) is 31.6 Å². The second-order valence-electron chi connectivity index (χ2n) is 11.8. The van der Waals surface area contributed by atoms with Crippen molar-refractivity contribution in [2.24, 2.45) is 0 Å². The van der Waals surface area contributed by atoms with E-state index >= 15 is 0 Å². The molecular formula is C38H38Cl2Zr. The van der Waals surface area contributed by atoms with Gasteiger partial charge < -0.3 is 24.8 Å². The van der Waals surface area contributed by atoms with Crippen molar-refractivity contribution in [1.82, 2.24) is 0 Å². The quantitative estimate of drug-likeness (QED) is 0.230. The summed E-state index contributed by atoms with van der Waals surface area (Å²) in [6.07, 6.45) is 0. The van der Waals surface area contributed by atoms with Crippen LogP contribution in [0.5, 0.6) is 0 Å². The summed E-state index contributed by atoms with van der Waals surface area (Å²) in [6.45, 7) is 13.4. The Kier molecular flexibility index (Phi) is 12.4. The van der Waals surface area contributed by atoms with E-state index in [1.165, 1.54) is 60.5 Å². The van der Waals surface area contributed by atoms with Crippen LogP contribution in [0.1, 0.15) is 57.2 Å². The molecule has 6 rings (SSSR count). The summed E-state index contributed by atoms with van der Waals surface area (Å²) in [4.78, 5) is 0. The molecule has 0 saturated carbocycles. The molecule has 0 fully saturated rings. The van der Waals surface area contributed by atoms with Gasteiger partial charge in [0.15, 0.2) is 0 Å². The van der Waals surface area contributed by atoms with Gasteiger partial charge in [0.2, 0.25) is 0 Å². The van der Waals surface area contributed by atoms with Crippen LogP contribution in [0.15, 0.2) is 115 Å². The largest absolute Gasteiger partial charge is 4.00 e. The van der Waals surface area contributed by atoms with Crippen LogP contribution < -0.4 is 24.8 Å². The second kappa shape index (κ2) is 14.6. The Balaban J connectivity index is 0.000000268. The first-order valence-corrected chi connectivity index (χ1v) is 13.7. The van der Waals surface area contributed by atoms with Gasteiger partial charge in [-0.25, -0.2) is 0 Å². The fourth-order valence-electron chi connectivity index (χ4n) is 5.25. The molecule has 3 heteroatoms. The van der Waals surface area contributed by atoms with Gasteiger partial charge in [-0.1, -0.05) is 119 Å². The Morgan fingerprint density at radius 2 is 1.10 bits per heavy atom. The van der Waals surface area contributed by atoms with Gasteiger partial charge in [0, 0.05) is 0 Å². The van der Waals surface area contributed by atoms with E-state index in [-0.39, 0.29) is 56.4 Å². The van der Waals surface area contributed by atoms with E-state index in [0.717, 1.165) is 0 Å². The molecule has 0 unspecified atom stereocenters. The molecule has 0 saturated heterocycles. The van der Waals surface area contributed by atoms with Crippen molar-refractivity contribution in [2.75, 3.05) is 0 Å². The molecule has 0 spiro atoms. The SMILES string of the molecule is CC(C)c1cc2c(-c3ccccc3)cccc2[cH-]1.Cc1cc2c(-c3ccc(C(C)(C)C)cc3)cccc2[cH-]1.[Cl-].[Cl-].[Zr+4]. The van der Waals surface area contributed by atoms with Crippen molar-refractivity contribution in [3.05, 3.63) is 132 Å². The first kappa shape index (κ1) is 34.8. The Hall–Kier alpha value is -2.44. The molecule has 0 aromatic heterocycles. The van der Waals surface area contributed by atoms with Crippen molar-refractivity contribution in [2.45, 2.75) is 52.9 Å². The topological polar surface area (TPSA) is 0 Å². The van der Waals surface area contributed by atoms with Gasteiger partial charge >= 0.3 is 26.2 Å². The number of halogens is 2. The fraction of sp³-hybridized carbons (Fsp3) is 0.211. The number of hydrogen-bond acceptors (Lipinski definition) is 0. The predicted octanol–water partition coefficient (Wildman–Crippen LogP) is 5.19. The normalized spacial score (nSPS) is 10.8. The summed E-state index contributed by atoms with van der Waals surface area (Å²) >= 11 is 0. The average Bonchev–Trinajstić information content (AvgIpc) is 3.52. The molecule has 0 aliphatic rings. The monoisotopic (exact) mass is 654 g/mol. The van der Waals surface area contributed by atoms with Crippen LogP contribution in [0.25, 0.3) is 43.8 Å². The first-order valence-electron chi connectivity index (χ1n) is 13.7. The number of aryl methyl sites for hydroxylation is 1. The number of benzene rings is 4. The zero-order chi connectivity index (χ0) is 26.9. The van der Waals surface area contributed by atoms with Crippen LogP contribution in [0, 0.1) is 6.92 Å². The maximum atomic E-state index is 2.34. The van der Waals surface area contributed by atoms with Crippen molar-refractivity contribution < 1.29 is 51.0 Å². The molecule has 0 radical (unpaired) electrons. The number of hydrogen-bond donors (Lipinski definition) is 0. The van der Waals surface area contributed by atoms with Gasteiger partial charge in [0.05, 0.1) is 0 Å². The third kappa shape index (κ3) is 7.90. The van der Waals surface area contributed by atoms with Crippen LogP contribution in [-0.4, -0.2) is 0 Å². The second-order valence-corrected chi connectivity index (χ2v) is 11.8. The van der Waals surface area contributed by atoms with Gasteiger partial charge in [0.1, 0.15) is 0 Å². The Labute approximate surface area is 277 Å². The third-order valence-corrected chi connectivity index (χ3v) is 7.48. The standard InChI is InChI=1S/C20H21.C18H17.2ClH.Zr/c1-14-12-16-6-5-7-18(19(16)13-14)15-8-10-17(11-9-15)20(2,3)4;1-13(2)16-11-15-9-6-10-17(18(15)12-16)14-7-4-3-5-8-14;;;/h5-13H,1-4H3;3-13H,1-2H3;2*1H;/q2*-1;;;+4/p-2. The molecule has 0 bridgehead atoms. The Morgan fingerprint density at radius 1 is 0.585 bits per heavy atom. The van der Waals surface area contributed by atoms with E-state index in [1.54, 1.807) is 0 Å². The van der Waals surface area contributed by atoms with Gasteiger partial charge in [-0.3, -0.25) is 0 Å². The van der Waals surface area contributed by atoms with Crippen LogP contribution in [0.2, 0.25) is 0 Å². The summed E-state index contributed by atoms with van der Waals surface area (Å²) in [6, 6.07) is 41.9. The van der Waals surface area contributed by atoms with Gasteiger partial charge in [-0.2, -0.15) is 12.1 Å². The maximum absolute atomic E-state index is 2.34. The van der Waals surface area contributed by atoms with E-state index in [4.69, 9.17) is 0 Å². The zero-order valence-corrected chi connectivity index (χ0v) is 28.8. The van der Waals surface area contributed by atoms with E-state index in [1.807, 2.05) is 0 Å². The van der Waals surface area contributed by atoms with Gasteiger partial charge in [-0.05, 0) is 28.0 Å². The smallest absolute Gasteiger partial charge is 1.00 e. The van der Waals surface area contributed by atoms with Crippen molar-refractivity contribution >= 4 is 21.5 Å². The molecule has 41 heavy (non-hydrogen) atoms. The average molecular weight is 657 g/mol. The molecule has 0 N–H and O–H groups in total. The minimum Gasteiger partial charge on any atom is -1.00 e. The molecule has 6 aromatic carbocycles. The van der Waals surface area contributed by atoms with E-state index in [9.17, 15) is 0 Å². The summed E-state index contributed by atoms with van der Waals surface area (Å²) in [5.41, 5.74) is 9.61. The molecule has 6 aromatic rings. The van der Waals surface area contributed by atoms with Crippen LogP contribution in [0.3, 0.4) is 0 Å². The molecule has 208 valence electrons. The summed E-state index contributed by atoms with van der Waals surface area (Å²) < 4.78 is 0. The number of fused-ring (bicyclic) bond motifs is 2. The minimum absolute atomic E-state index is 0. The molecule has 0 aliphatic carbocycles. The molecule has 0 nitrogen and oxygen atoms in total. The van der Waals surface area contributed by atoms with E-state index < -0.39 is 0 Å². The van der Waals surface area contributed by atoms with Crippen LogP contribution >= 0.6 is 0 Å². The summed E-state index contributed by atoms with van der Waals surface area (Å²) in [5, 5.41) is 5.40. The Morgan fingerprint density at radius 3 is 1.63 bits per heavy atom. The molecule has 0 atom stereocenters. The number of rotatable bonds is 3. The zero-order valence-electron chi connectivity index (χ0n) is 24.8. The Bertz CT molecular complexity index is 1660. The first-order chi connectivity index (χ1) is 18.2. The maximum Gasteiger partial charge on any atom is 4.00 e. The minimum atomic E-state index is 0. The predicted molar refractivity (Wildman–Crippen MR) is 167 cm³/mol. The van der Waals surface area contributed by atoms with Crippen LogP contribution in [0.4, 0.5) is 0 Å². The molecular weight excluding hydrogens is 619 g/mol.